The third-order valence-corrected chi connectivity index (χ3v) is 5.18. The van der Waals surface area contributed by atoms with Gasteiger partial charge >= 0.3 is 5.97 Å². The molecule has 5 heteroatoms. The highest BCUT2D eigenvalue weighted by Crippen LogP contribution is 2.25. The lowest BCUT2D eigenvalue weighted by Crippen LogP contribution is -2.40. The first-order chi connectivity index (χ1) is 13.1. The van der Waals surface area contributed by atoms with Crippen molar-refractivity contribution in [2.75, 3.05) is 19.7 Å². The summed E-state index contributed by atoms with van der Waals surface area (Å²) in [5.41, 5.74) is 0. The van der Waals surface area contributed by atoms with Crippen molar-refractivity contribution in [1.29, 1.82) is 0 Å². The van der Waals surface area contributed by atoms with E-state index < -0.39 is 5.97 Å². The van der Waals surface area contributed by atoms with Gasteiger partial charge in [0.1, 0.15) is 5.75 Å². The van der Waals surface area contributed by atoms with E-state index in [0.717, 1.165) is 35.9 Å². The lowest BCUT2D eigenvalue weighted by molar-refractivity contribution is -0.137. The second kappa shape index (κ2) is 9.40. The van der Waals surface area contributed by atoms with Crippen LogP contribution in [0.25, 0.3) is 10.8 Å². The highest BCUT2D eigenvalue weighted by atomic mass is 16.5. The van der Waals surface area contributed by atoms with Crippen molar-refractivity contribution in [3.8, 4) is 5.75 Å². The number of ether oxygens (including phenoxy) is 1. The Kier molecular flexibility index (Phi) is 6.69. The van der Waals surface area contributed by atoms with E-state index >= 15 is 0 Å². The Labute approximate surface area is 159 Å². The molecule has 1 aliphatic rings. The van der Waals surface area contributed by atoms with Crippen LogP contribution in [0, 0.1) is 5.92 Å². The van der Waals surface area contributed by atoms with Crippen molar-refractivity contribution < 1.29 is 19.4 Å². The van der Waals surface area contributed by atoms with Crippen LogP contribution in [0.1, 0.15) is 38.5 Å². The van der Waals surface area contributed by atoms with E-state index in [1.54, 1.807) is 0 Å². The fourth-order valence-corrected chi connectivity index (χ4v) is 3.74. The molecule has 0 bridgehead atoms. The standard InChI is InChI=1S/C22H27NO4/c24-21(23-14-4-6-17(16-23)12-13-22(25)26)11-5-15-27-20-10-3-8-18-7-1-2-9-19(18)20/h1-3,7-10,17H,4-6,11-16H2,(H,25,26). The minimum absolute atomic E-state index is 0.150. The zero-order chi connectivity index (χ0) is 19.1. The van der Waals surface area contributed by atoms with Crippen LogP contribution in [0.15, 0.2) is 42.5 Å². The molecule has 144 valence electrons. The summed E-state index contributed by atoms with van der Waals surface area (Å²) in [5, 5.41) is 11.1. The largest absolute Gasteiger partial charge is 0.493 e. The Morgan fingerprint density at radius 1 is 1.11 bits per heavy atom. The van der Waals surface area contributed by atoms with Crippen LogP contribution < -0.4 is 4.74 Å². The average molecular weight is 369 g/mol. The number of carboxylic acid groups (broad SMARTS) is 1. The van der Waals surface area contributed by atoms with Crippen LogP contribution >= 0.6 is 0 Å². The molecule has 3 rings (SSSR count). The van der Waals surface area contributed by atoms with E-state index in [0.29, 0.717) is 38.3 Å². The van der Waals surface area contributed by atoms with Gasteiger partial charge in [0, 0.05) is 31.3 Å². The summed E-state index contributed by atoms with van der Waals surface area (Å²) in [5.74, 6) is 0.554. The van der Waals surface area contributed by atoms with E-state index in [1.165, 1.54) is 0 Å². The minimum Gasteiger partial charge on any atom is -0.493 e. The maximum atomic E-state index is 12.5. The van der Waals surface area contributed by atoms with Gasteiger partial charge in [-0.05, 0) is 43.1 Å². The number of hydrogen-bond donors (Lipinski definition) is 1. The third-order valence-electron chi connectivity index (χ3n) is 5.18. The van der Waals surface area contributed by atoms with Crippen LogP contribution in [-0.4, -0.2) is 41.6 Å². The van der Waals surface area contributed by atoms with Crippen molar-refractivity contribution in [1.82, 2.24) is 4.90 Å². The van der Waals surface area contributed by atoms with Crippen LogP contribution in [0.5, 0.6) is 5.75 Å². The molecule has 0 aliphatic carbocycles. The Morgan fingerprint density at radius 3 is 2.78 bits per heavy atom. The molecule has 1 aliphatic heterocycles. The molecule has 1 atom stereocenters. The first-order valence-corrected chi connectivity index (χ1v) is 9.73. The number of rotatable bonds is 8. The molecule has 1 N–H and O–H groups in total. The van der Waals surface area contributed by atoms with E-state index in [-0.39, 0.29) is 12.3 Å². The number of carbonyl (C=O) groups is 2. The molecule has 0 spiro atoms. The third kappa shape index (κ3) is 5.46. The monoisotopic (exact) mass is 369 g/mol. The highest BCUT2D eigenvalue weighted by molar-refractivity contribution is 5.88. The molecule has 1 heterocycles. The topological polar surface area (TPSA) is 66.8 Å². The van der Waals surface area contributed by atoms with Crippen LogP contribution in [0.4, 0.5) is 0 Å². The summed E-state index contributed by atoms with van der Waals surface area (Å²) in [4.78, 5) is 25.1. The maximum Gasteiger partial charge on any atom is 0.303 e. The first kappa shape index (κ1) is 19.2. The number of aliphatic carboxylic acids is 1. The fraction of sp³-hybridized carbons (Fsp3) is 0.455. The normalized spacial score (nSPS) is 17.0. The molecule has 1 unspecified atom stereocenters. The van der Waals surface area contributed by atoms with Crippen molar-refractivity contribution in [3.63, 3.8) is 0 Å². The lowest BCUT2D eigenvalue weighted by atomic mass is 9.93. The van der Waals surface area contributed by atoms with Gasteiger partial charge in [-0.3, -0.25) is 9.59 Å². The molecule has 1 fully saturated rings. The molecule has 1 amide bonds. The van der Waals surface area contributed by atoms with Gasteiger partial charge in [0.2, 0.25) is 5.91 Å². The molecule has 0 saturated carbocycles. The summed E-state index contributed by atoms with van der Waals surface area (Å²) < 4.78 is 5.91. The zero-order valence-corrected chi connectivity index (χ0v) is 15.6. The molecule has 5 nitrogen and oxygen atoms in total. The van der Waals surface area contributed by atoms with Crippen molar-refractivity contribution in [2.24, 2.45) is 5.92 Å². The molecule has 27 heavy (non-hydrogen) atoms. The van der Waals surface area contributed by atoms with Crippen LogP contribution in [0.2, 0.25) is 0 Å². The molecule has 0 radical (unpaired) electrons. The predicted molar refractivity (Wildman–Crippen MR) is 105 cm³/mol. The summed E-state index contributed by atoms with van der Waals surface area (Å²) >= 11 is 0. The Balaban J connectivity index is 1.43. The second-order valence-corrected chi connectivity index (χ2v) is 7.21. The molecular weight excluding hydrogens is 342 g/mol. The lowest BCUT2D eigenvalue weighted by Gasteiger charge is -2.32. The minimum atomic E-state index is -0.760. The smallest absolute Gasteiger partial charge is 0.303 e. The number of hydrogen-bond acceptors (Lipinski definition) is 3. The molecule has 2 aromatic rings. The van der Waals surface area contributed by atoms with Crippen LogP contribution in [-0.2, 0) is 9.59 Å². The van der Waals surface area contributed by atoms with Gasteiger partial charge in [0.05, 0.1) is 6.61 Å². The Bertz CT molecular complexity index is 783. The molecule has 1 saturated heterocycles. The number of carbonyl (C=O) groups excluding carboxylic acids is 1. The predicted octanol–water partition coefficient (Wildman–Crippen LogP) is 4.10. The van der Waals surface area contributed by atoms with Gasteiger partial charge in [-0.2, -0.15) is 0 Å². The highest BCUT2D eigenvalue weighted by Gasteiger charge is 2.23. The summed E-state index contributed by atoms with van der Waals surface area (Å²) in [7, 11) is 0. The molecule has 2 aromatic carbocycles. The van der Waals surface area contributed by atoms with E-state index in [4.69, 9.17) is 9.84 Å². The van der Waals surface area contributed by atoms with Gasteiger partial charge in [-0.25, -0.2) is 0 Å². The van der Waals surface area contributed by atoms with Crippen molar-refractivity contribution >= 4 is 22.6 Å². The van der Waals surface area contributed by atoms with Gasteiger partial charge in [-0.15, -0.1) is 0 Å². The first-order valence-electron chi connectivity index (χ1n) is 9.73. The number of fused-ring (bicyclic) bond motifs is 1. The van der Waals surface area contributed by atoms with E-state index in [1.807, 2.05) is 35.2 Å². The average Bonchev–Trinajstić information content (AvgIpc) is 2.70. The number of nitrogens with zero attached hydrogens (tertiary/aromatic N) is 1. The number of likely N-dealkylation sites (tertiary alicyclic amines) is 1. The van der Waals surface area contributed by atoms with E-state index in [2.05, 4.69) is 12.1 Å². The fourth-order valence-electron chi connectivity index (χ4n) is 3.74. The number of amides is 1. The van der Waals surface area contributed by atoms with Crippen molar-refractivity contribution in [3.05, 3.63) is 42.5 Å². The van der Waals surface area contributed by atoms with Gasteiger partial charge in [0.15, 0.2) is 0 Å². The zero-order valence-electron chi connectivity index (χ0n) is 15.6. The summed E-state index contributed by atoms with van der Waals surface area (Å²) in [6.07, 6.45) is 3.97. The van der Waals surface area contributed by atoms with Crippen molar-refractivity contribution in [2.45, 2.75) is 38.5 Å². The summed E-state index contributed by atoms with van der Waals surface area (Å²) in [6.45, 7) is 1.99. The summed E-state index contributed by atoms with van der Waals surface area (Å²) in [6, 6.07) is 14.1. The number of piperidine rings is 1. The Hall–Kier alpha value is -2.56. The van der Waals surface area contributed by atoms with Gasteiger partial charge in [0.25, 0.3) is 0 Å². The molecular formula is C22H27NO4. The maximum absolute atomic E-state index is 12.5. The van der Waals surface area contributed by atoms with Crippen LogP contribution in [0.3, 0.4) is 0 Å². The number of carboxylic acids is 1. The Morgan fingerprint density at radius 2 is 1.93 bits per heavy atom. The second-order valence-electron chi connectivity index (χ2n) is 7.21. The quantitative estimate of drug-likeness (QED) is 0.711. The van der Waals surface area contributed by atoms with E-state index in [9.17, 15) is 9.59 Å². The van der Waals surface area contributed by atoms with Gasteiger partial charge < -0.3 is 14.7 Å². The number of benzene rings is 2. The van der Waals surface area contributed by atoms with Gasteiger partial charge in [-0.1, -0.05) is 36.4 Å². The SMILES string of the molecule is O=C(O)CCC1CCCN(C(=O)CCCOc2cccc3ccccc23)C1. The molecule has 0 aromatic heterocycles.